The molecule has 12 atom stereocenters. The Kier molecular flexibility index (Phi) is 35.4. The number of aliphatic hydroxyl groups excluding tert-OH is 8. The highest BCUT2D eigenvalue weighted by molar-refractivity contribution is 5.76. The van der Waals surface area contributed by atoms with Crippen LogP contribution < -0.4 is 5.32 Å². The number of carbonyl (C=O) groups is 1. The van der Waals surface area contributed by atoms with Crippen molar-refractivity contribution in [1.82, 2.24) is 5.32 Å². The summed E-state index contributed by atoms with van der Waals surface area (Å²) in [6, 6.07) is -0.947. The van der Waals surface area contributed by atoms with Crippen molar-refractivity contribution in [3.05, 3.63) is 72.9 Å². The van der Waals surface area contributed by atoms with Gasteiger partial charge in [0.05, 0.1) is 32.0 Å². The maximum absolute atomic E-state index is 13.2. The zero-order valence-electron chi connectivity index (χ0n) is 40.9. The van der Waals surface area contributed by atoms with Crippen molar-refractivity contribution in [2.75, 3.05) is 19.8 Å². The van der Waals surface area contributed by atoms with Crippen LogP contribution in [0.1, 0.15) is 162 Å². The van der Waals surface area contributed by atoms with Crippen molar-refractivity contribution >= 4 is 5.91 Å². The Morgan fingerprint density at radius 3 is 1.64 bits per heavy atom. The summed E-state index contributed by atoms with van der Waals surface area (Å²) in [6.07, 6.45) is 32.2. The highest BCUT2D eigenvalue weighted by Gasteiger charge is 2.51. The quantitative estimate of drug-likeness (QED) is 0.0229. The van der Waals surface area contributed by atoms with E-state index in [0.717, 1.165) is 64.2 Å². The number of rotatable bonds is 38. The molecule has 9 N–H and O–H groups in total. The molecule has 0 radical (unpaired) electrons. The third-order valence-corrected chi connectivity index (χ3v) is 12.1. The lowest BCUT2D eigenvalue weighted by Crippen LogP contribution is -2.65. The minimum atomic E-state index is -1.80. The second kappa shape index (κ2) is 39.2. The molecule has 0 aliphatic carbocycles. The van der Waals surface area contributed by atoms with Crippen LogP contribution in [0.15, 0.2) is 72.9 Å². The SMILES string of the molecule is CC/C=C\C/C=C\C/C=C\C/C=C\CCCCCCC(=O)NC(COC1OC(CO)C(OC2OC(CO)C(O)C(O)C2O)C(O)C1O)C(O)/C=C/CC/C=C/CCCCCCCCCCCC. The average molecular weight is 950 g/mol. The van der Waals surface area contributed by atoms with Gasteiger partial charge >= 0.3 is 0 Å². The summed E-state index contributed by atoms with van der Waals surface area (Å²) < 4.78 is 22.7. The molecule has 2 saturated heterocycles. The van der Waals surface area contributed by atoms with Crippen LogP contribution in [0.25, 0.3) is 0 Å². The zero-order chi connectivity index (χ0) is 48.9. The molecule has 12 unspecified atom stereocenters. The standard InChI is InChI=1S/C53H91NO13/c1-3-5-7-9-11-13-15-17-19-21-23-25-27-29-31-33-35-37-45(58)54-41(42(57)36-34-32-30-28-26-24-22-20-18-16-14-12-10-8-6-4-2)40-64-52-50(63)48(61)51(44(39-56)66-52)67-53-49(62)47(60)46(59)43(38-55)65-53/h5,7,11,13,17,19,23,25-26,28,34,36,41-44,46-53,55-57,59-63H,3-4,6,8-10,12,14-16,18,20-22,24,27,29-33,35,37-40H2,1-2H3,(H,54,58)/b7-5-,13-11-,19-17-,25-23-,28-26+,36-34+. The molecule has 0 saturated carbocycles. The summed E-state index contributed by atoms with van der Waals surface area (Å²) >= 11 is 0. The molecule has 14 heteroatoms. The molecule has 2 aliphatic rings. The van der Waals surface area contributed by atoms with E-state index < -0.39 is 86.8 Å². The van der Waals surface area contributed by atoms with E-state index >= 15 is 0 Å². The van der Waals surface area contributed by atoms with Crippen LogP contribution in [0, 0.1) is 0 Å². The maximum Gasteiger partial charge on any atom is 0.220 e. The Balaban J connectivity index is 1.88. The van der Waals surface area contributed by atoms with Crippen LogP contribution in [-0.4, -0.2) is 140 Å². The first kappa shape index (κ1) is 60.6. The normalized spacial score (nSPS) is 27.2. The number of carbonyl (C=O) groups excluding carboxylic acids is 1. The number of hydrogen-bond donors (Lipinski definition) is 9. The summed E-state index contributed by atoms with van der Waals surface area (Å²) in [5.41, 5.74) is 0. The van der Waals surface area contributed by atoms with Gasteiger partial charge in [-0.25, -0.2) is 0 Å². The molecule has 67 heavy (non-hydrogen) atoms. The molecule has 1 amide bonds. The van der Waals surface area contributed by atoms with Gasteiger partial charge in [-0.3, -0.25) is 4.79 Å². The van der Waals surface area contributed by atoms with E-state index in [4.69, 9.17) is 18.9 Å². The molecule has 0 aromatic rings. The molecule has 0 aromatic heterocycles. The summed E-state index contributed by atoms with van der Waals surface area (Å²) in [5.74, 6) is -0.277. The van der Waals surface area contributed by atoms with E-state index in [1.165, 1.54) is 64.2 Å². The molecule has 14 nitrogen and oxygen atoms in total. The van der Waals surface area contributed by atoms with Gasteiger partial charge < -0.3 is 65.1 Å². The summed E-state index contributed by atoms with van der Waals surface area (Å²) in [6.45, 7) is 2.61. The summed E-state index contributed by atoms with van der Waals surface area (Å²) in [7, 11) is 0. The average Bonchev–Trinajstić information content (AvgIpc) is 3.32. The third-order valence-electron chi connectivity index (χ3n) is 12.1. The molecule has 2 heterocycles. The fourth-order valence-corrected chi connectivity index (χ4v) is 7.94. The van der Waals surface area contributed by atoms with E-state index in [9.17, 15) is 45.6 Å². The Hall–Kier alpha value is -2.57. The molecule has 386 valence electrons. The smallest absolute Gasteiger partial charge is 0.220 e. The maximum atomic E-state index is 13.2. The lowest BCUT2D eigenvalue weighted by atomic mass is 9.97. The number of ether oxygens (including phenoxy) is 4. The van der Waals surface area contributed by atoms with E-state index in [-0.39, 0.29) is 18.9 Å². The van der Waals surface area contributed by atoms with Crippen LogP contribution in [0.4, 0.5) is 0 Å². The second-order valence-corrected chi connectivity index (χ2v) is 17.9. The van der Waals surface area contributed by atoms with Crippen molar-refractivity contribution in [2.45, 2.75) is 235 Å². The minimum Gasteiger partial charge on any atom is -0.394 e. The summed E-state index contributed by atoms with van der Waals surface area (Å²) in [5, 5.41) is 86.7. The van der Waals surface area contributed by atoms with Crippen molar-refractivity contribution in [1.29, 1.82) is 0 Å². The number of allylic oxidation sites excluding steroid dienone is 11. The Bertz CT molecular complexity index is 1400. The van der Waals surface area contributed by atoms with Crippen LogP contribution in [0.2, 0.25) is 0 Å². The van der Waals surface area contributed by atoms with E-state index in [1.807, 2.05) is 6.08 Å². The lowest BCUT2D eigenvalue weighted by Gasteiger charge is -2.46. The molecule has 0 spiro atoms. The highest BCUT2D eigenvalue weighted by Crippen LogP contribution is 2.30. The van der Waals surface area contributed by atoms with Crippen LogP contribution >= 0.6 is 0 Å². The lowest BCUT2D eigenvalue weighted by molar-refractivity contribution is -0.359. The van der Waals surface area contributed by atoms with Gasteiger partial charge in [-0.15, -0.1) is 0 Å². The largest absolute Gasteiger partial charge is 0.394 e. The third kappa shape index (κ3) is 26.3. The van der Waals surface area contributed by atoms with Gasteiger partial charge in [0.25, 0.3) is 0 Å². The molecule has 0 bridgehead atoms. The molecule has 2 aliphatic heterocycles. The van der Waals surface area contributed by atoms with Crippen molar-refractivity contribution in [3.8, 4) is 0 Å². The van der Waals surface area contributed by atoms with E-state index in [2.05, 4.69) is 79.9 Å². The van der Waals surface area contributed by atoms with E-state index in [0.29, 0.717) is 12.8 Å². The van der Waals surface area contributed by atoms with Gasteiger partial charge in [-0.1, -0.05) is 157 Å². The van der Waals surface area contributed by atoms with Crippen molar-refractivity contribution < 1.29 is 64.6 Å². The topological polar surface area (TPSA) is 228 Å². The van der Waals surface area contributed by atoms with Crippen molar-refractivity contribution in [3.63, 3.8) is 0 Å². The number of nitrogens with one attached hydrogen (secondary N) is 1. The van der Waals surface area contributed by atoms with Crippen LogP contribution in [0.5, 0.6) is 0 Å². The monoisotopic (exact) mass is 950 g/mol. The first-order valence-electron chi connectivity index (χ1n) is 25.7. The number of unbranched alkanes of at least 4 members (excludes halogenated alkanes) is 15. The first-order valence-corrected chi connectivity index (χ1v) is 25.7. The van der Waals surface area contributed by atoms with Crippen LogP contribution in [-0.2, 0) is 23.7 Å². The zero-order valence-corrected chi connectivity index (χ0v) is 40.9. The van der Waals surface area contributed by atoms with Crippen molar-refractivity contribution in [2.24, 2.45) is 0 Å². The number of hydrogen-bond acceptors (Lipinski definition) is 13. The fourth-order valence-electron chi connectivity index (χ4n) is 7.94. The highest BCUT2D eigenvalue weighted by atomic mass is 16.7. The number of aliphatic hydroxyl groups is 8. The predicted molar refractivity (Wildman–Crippen MR) is 263 cm³/mol. The van der Waals surface area contributed by atoms with Gasteiger partial charge in [-0.2, -0.15) is 0 Å². The minimum absolute atomic E-state index is 0.242. The molecular weight excluding hydrogens is 859 g/mol. The van der Waals surface area contributed by atoms with Gasteiger partial charge in [0, 0.05) is 6.42 Å². The molecule has 2 fully saturated rings. The molecule has 0 aromatic carbocycles. The fraction of sp³-hybridized carbons (Fsp3) is 0.755. The number of amides is 1. The Morgan fingerprint density at radius 1 is 0.552 bits per heavy atom. The molecular formula is C53H91NO13. The first-order chi connectivity index (χ1) is 32.6. The van der Waals surface area contributed by atoms with Gasteiger partial charge in [0.15, 0.2) is 12.6 Å². The van der Waals surface area contributed by atoms with Gasteiger partial charge in [0.2, 0.25) is 5.91 Å². The summed E-state index contributed by atoms with van der Waals surface area (Å²) in [4.78, 5) is 13.2. The second-order valence-electron chi connectivity index (χ2n) is 17.9. The molecule has 2 rings (SSSR count). The Morgan fingerprint density at radius 2 is 1.04 bits per heavy atom. The van der Waals surface area contributed by atoms with E-state index in [1.54, 1.807) is 6.08 Å². The van der Waals surface area contributed by atoms with Gasteiger partial charge in [0.1, 0.15) is 48.8 Å². The predicted octanol–water partition coefficient (Wildman–Crippen LogP) is 6.82. The Labute approximate surface area is 402 Å². The van der Waals surface area contributed by atoms with Gasteiger partial charge in [-0.05, 0) is 70.6 Å². The van der Waals surface area contributed by atoms with Crippen LogP contribution in [0.3, 0.4) is 0 Å².